The molecular weight excluding hydrogens is 220 g/mol. The van der Waals surface area contributed by atoms with E-state index in [1.807, 2.05) is 6.92 Å². The maximum Gasteiger partial charge on any atom is 0.373 e. The molecule has 4 nitrogen and oxygen atoms in total. The smallest absolute Gasteiger partial charge is 0.373 e. The summed E-state index contributed by atoms with van der Waals surface area (Å²) in [5.41, 5.74) is -1.62. The fourth-order valence-electron chi connectivity index (χ4n) is 1.08. The Bertz CT molecular complexity index is 202. The number of carbonyl (C=O) groups excluding carboxylic acids is 1. The zero-order valence-electron chi connectivity index (χ0n) is 11.2. The van der Waals surface area contributed by atoms with Gasteiger partial charge in [-0.2, -0.15) is 5.26 Å². The fourth-order valence-corrected chi connectivity index (χ4v) is 1.08. The van der Waals surface area contributed by atoms with Crippen molar-refractivity contribution >= 4 is 5.97 Å². The number of carbonyl (C=O) groups is 1. The number of aliphatic hydroxyl groups is 1. The summed E-state index contributed by atoms with van der Waals surface area (Å²) in [5, 5.41) is 17.9. The highest BCUT2D eigenvalue weighted by molar-refractivity contribution is 5.78. The third-order valence-electron chi connectivity index (χ3n) is 2.39. The van der Waals surface area contributed by atoms with E-state index in [0.717, 1.165) is 6.42 Å². The average molecular weight is 246 g/mol. The van der Waals surface area contributed by atoms with Gasteiger partial charge < -0.3 is 5.11 Å². The van der Waals surface area contributed by atoms with Crippen LogP contribution in [0.5, 0.6) is 0 Å². The molecule has 0 aromatic carbocycles. The van der Waals surface area contributed by atoms with Crippen LogP contribution in [0.15, 0.2) is 12.7 Å². The molecule has 17 heavy (non-hydrogen) atoms. The first-order chi connectivity index (χ1) is 8.02. The summed E-state index contributed by atoms with van der Waals surface area (Å²) < 4.78 is 0. The molecular formula is C13H26O4. The van der Waals surface area contributed by atoms with Gasteiger partial charge in [0.25, 0.3) is 0 Å². The summed E-state index contributed by atoms with van der Waals surface area (Å²) in [6.45, 7) is 9.73. The third-order valence-corrected chi connectivity index (χ3v) is 2.39. The Balaban J connectivity index is 0. The Kier molecular flexibility index (Phi) is 12.6. The molecule has 0 heterocycles. The van der Waals surface area contributed by atoms with Crippen LogP contribution in [0.25, 0.3) is 0 Å². The minimum absolute atomic E-state index is 0.0897. The van der Waals surface area contributed by atoms with E-state index < -0.39 is 11.6 Å². The molecule has 0 bridgehead atoms. The van der Waals surface area contributed by atoms with Crippen molar-refractivity contribution in [3.05, 3.63) is 12.7 Å². The lowest BCUT2D eigenvalue weighted by atomic mass is 9.93. The fraction of sp³-hybridized carbons (Fsp3) is 0.769. The molecule has 0 aromatic rings. The van der Waals surface area contributed by atoms with Gasteiger partial charge in [0.1, 0.15) is 0 Å². The van der Waals surface area contributed by atoms with Crippen LogP contribution in [-0.4, -0.2) is 21.9 Å². The Hall–Kier alpha value is -0.870. The zero-order valence-corrected chi connectivity index (χ0v) is 11.2. The summed E-state index contributed by atoms with van der Waals surface area (Å²) in [7, 11) is 0. The van der Waals surface area contributed by atoms with Crippen LogP contribution >= 0.6 is 0 Å². The molecule has 0 rings (SSSR count). The van der Waals surface area contributed by atoms with Gasteiger partial charge in [-0.3, -0.25) is 4.89 Å². The van der Waals surface area contributed by atoms with Gasteiger partial charge in [0, 0.05) is 6.42 Å². The van der Waals surface area contributed by atoms with E-state index in [1.54, 1.807) is 0 Å². The molecule has 0 amide bonds. The molecule has 0 saturated heterocycles. The van der Waals surface area contributed by atoms with Gasteiger partial charge in [0.15, 0.2) is 5.60 Å². The summed E-state index contributed by atoms with van der Waals surface area (Å²) >= 11 is 0. The van der Waals surface area contributed by atoms with Crippen molar-refractivity contribution in [3.63, 3.8) is 0 Å². The number of rotatable bonds is 7. The van der Waals surface area contributed by atoms with Gasteiger partial charge in [-0.15, -0.1) is 6.58 Å². The number of hydrogen-bond acceptors (Lipinski definition) is 4. The van der Waals surface area contributed by atoms with E-state index in [4.69, 9.17) is 5.26 Å². The van der Waals surface area contributed by atoms with Crippen molar-refractivity contribution in [1.82, 2.24) is 0 Å². The largest absolute Gasteiger partial charge is 0.378 e. The molecule has 0 fully saturated rings. The molecule has 1 atom stereocenters. The number of unbranched alkanes of at least 4 members (excludes halogenated alkanes) is 2. The molecule has 0 radical (unpaired) electrons. The molecule has 0 aromatic heterocycles. The van der Waals surface area contributed by atoms with Crippen molar-refractivity contribution < 1.29 is 20.0 Å². The monoisotopic (exact) mass is 246 g/mol. The van der Waals surface area contributed by atoms with Crippen LogP contribution in [0.3, 0.4) is 0 Å². The Morgan fingerprint density at radius 3 is 2.12 bits per heavy atom. The molecule has 102 valence electrons. The summed E-state index contributed by atoms with van der Waals surface area (Å²) in [4.78, 5) is 14.5. The molecule has 0 aliphatic rings. The second-order valence-electron chi connectivity index (χ2n) is 4.01. The lowest BCUT2D eigenvalue weighted by Crippen LogP contribution is -2.39. The number of hydrogen-bond donors (Lipinski definition) is 2. The highest BCUT2D eigenvalue weighted by Crippen LogP contribution is 2.20. The van der Waals surface area contributed by atoms with Crippen LogP contribution in [0.4, 0.5) is 0 Å². The molecule has 0 spiro atoms. The van der Waals surface area contributed by atoms with E-state index in [0.29, 0.717) is 6.42 Å². The lowest BCUT2D eigenvalue weighted by molar-refractivity contribution is -0.252. The van der Waals surface area contributed by atoms with Crippen LogP contribution in [0, 0.1) is 0 Å². The second kappa shape index (κ2) is 11.6. The van der Waals surface area contributed by atoms with E-state index >= 15 is 0 Å². The van der Waals surface area contributed by atoms with Gasteiger partial charge in [-0.1, -0.05) is 52.5 Å². The molecule has 1 unspecified atom stereocenters. The van der Waals surface area contributed by atoms with Crippen LogP contribution in [0.2, 0.25) is 0 Å². The maximum atomic E-state index is 11.0. The van der Waals surface area contributed by atoms with Gasteiger partial charge in [-0.05, 0) is 6.42 Å². The van der Waals surface area contributed by atoms with E-state index in [-0.39, 0.29) is 12.8 Å². The van der Waals surface area contributed by atoms with Crippen molar-refractivity contribution in [3.8, 4) is 0 Å². The maximum absolute atomic E-state index is 11.0. The zero-order chi connectivity index (χ0) is 13.7. The van der Waals surface area contributed by atoms with Gasteiger partial charge in [0.2, 0.25) is 0 Å². The molecule has 0 aliphatic carbocycles. The highest BCUT2D eigenvalue weighted by atomic mass is 17.1. The van der Waals surface area contributed by atoms with Crippen LogP contribution in [-0.2, 0) is 9.68 Å². The van der Waals surface area contributed by atoms with Crippen LogP contribution < -0.4 is 0 Å². The Morgan fingerprint density at radius 1 is 1.29 bits per heavy atom. The van der Waals surface area contributed by atoms with E-state index in [2.05, 4.69) is 25.3 Å². The topological polar surface area (TPSA) is 66.8 Å². The first-order valence-corrected chi connectivity index (χ1v) is 6.21. The molecule has 0 aliphatic heterocycles. The first-order valence-electron chi connectivity index (χ1n) is 6.21. The van der Waals surface area contributed by atoms with Crippen molar-refractivity contribution in [2.75, 3.05) is 0 Å². The molecule has 4 heteroatoms. The van der Waals surface area contributed by atoms with Crippen molar-refractivity contribution in [2.45, 2.75) is 64.9 Å². The van der Waals surface area contributed by atoms with E-state index in [9.17, 15) is 9.90 Å². The normalized spacial score (nSPS) is 13.0. The Morgan fingerprint density at radius 2 is 1.82 bits per heavy atom. The van der Waals surface area contributed by atoms with Crippen LogP contribution in [0.1, 0.15) is 59.3 Å². The highest BCUT2D eigenvalue weighted by Gasteiger charge is 2.36. The standard InChI is InChI=1S/C9H16O4.C4H10/c1-3-5-7-9(11,6-4-2)8(10)13-12;1-3-4-2/h4,11-12H,2-3,5-7H2,1H3;3-4H2,1-2H3. The van der Waals surface area contributed by atoms with Crippen molar-refractivity contribution in [2.24, 2.45) is 0 Å². The predicted octanol–water partition coefficient (Wildman–Crippen LogP) is 3.31. The first kappa shape index (κ1) is 18.5. The summed E-state index contributed by atoms with van der Waals surface area (Å²) in [6, 6.07) is 0. The third kappa shape index (κ3) is 8.89. The summed E-state index contributed by atoms with van der Waals surface area (Å²) in [6.07, 6.45) is 5.98. The predicted molar refractivity (Wildman–Crippen MR) is 68.6 cm³/mol. The minimum Gasteiger partial charge on any atom is -0.378 e. The Labute approximate surface area is 104 Å². The molecule has 0 saturated carbocycles. The second-order valence-corrected chi connectivity index (χ2v) is 4.01. The van der Waals surface area contributed by atoms with Crippen molar-refractivity contribution in [1.29, 1.82) is 0 Å². The van der Waals surface area contributed by atoms with Gasteiger partial charge >= 0.3 is 5.97 Å². The SMILES string of the molecule is C=CCC(O)(CCCC)C(=O)OO.CCCC. The quantitative estimate of drug-likeness (QED) is 0.411. The average Bonchev–Trinajstić information content (AvgIpc) is 2.36. The van der Waals surface area contributed by atoms with Gasteiger partial charge in [-0.25, -0.2) is 4.79 Å². The van der Waals surface area contributed by atoms with Gasteiger partial charge in [0.05, 0.1) is 0 Å². The molecule has 2 N–H and O–H groups in total. The minimum atomic E-state index is -1.62. The summed E-state index contributed by atoms with van der Waals surface area (Å²) in [5.74, 6) is -1.01. The lowest BCUT2D eigenvalue weighted by Gasteiger charge is -2.22. The van der Waals surface area contributed by atoms with E-state index in [1.165, 1.54) is 18.9 Å².